The number of hydrogen-bond donors (Lipinski definition) is 1. The summed E-state index contributed by atoms with van der Waals surface area (Å²) in [7, 11) is 0. The van der Waals surface area contributed by atoms with E-state index in [0.717, 1.165) is 22.4 Å². The molecular formula is C18H18N2O2S. The lowest BCUT2D eigenvalue weighted by atomic mass is 10.2. The Morgan fingerprint density at radius 1 is 1.17 bits per heavy atom. The van der Waals surface area contributed by atoms with Gasteiger partial charge in [-0.1, -0.05) is 42.5 Å². The minimum atomic E-state index is -0.0887. The van der Waals surface area contributed by atoms with Crippen LogP contribution in [0.2, 0.25) is 0 Å². The van der Waals surface area contributed by atoms with Crippen LogP contribution in [0.4, 0.5) is 5.13 Å². The number of anilines is 1. The number of nitrogens with zero attached hydrogens (tertiary/aromatic N) is 1. The van der Waals surface area contributed by atoms with Crippen LogP contribution in [0.3, 0.4) is 0 Å². The Bertz CT molecular complexity index is 763. The molecular weight excluding hydrogens is 308 g/mol. The van der Waals surface area contributed by atoms with Crippen LogP contribution in [-0.2, 0) is 11.2 Å². The molecule has 4 nitrogen and oxygen atoms in total. The fourth-order valence-electron chi connectivity index (χ4n) is 2.19. The quantitative estimate of drug-likeness (QED) is 0.736. The van der Waals surface area contributed by atoms with E-state index in [2.05, 4.69) is 17.2 Å². The summed E-state index contributed by atoms with van der Waals surface area (Å²) in [6.07, 6.45) is 1.30. The summed E-state index contributed by atoms with van der Waals surface area (Å²) in [5.41, 5.74) is 2.17. The van der Waals surface area contributed by atoms with Crippen molar-refractivity contribution in [2.45, 2.75) is 19.8 Å². The van der Waals surface area contributed by atoms with E-state index in [9.17, 15) is 4.79 Å². The maximum atomic E-state index is 12.0. The lowest BCUT2D eigenvalue weighted by molar-refractivity contribution is -0.116. The molecule has 0 saturated heterocycles. The number of para-hydroxylation sites is 1. The molecule has 0 fully saturated rings. The van der Waals surface area contributed by atoms with Gasteiger partial charge in [0.1, 0.15) is 5.75 Å². The van der Waals surface area contributed by atoms with Crippen molar-refractivity contribution >= 4 is 32.6 Å². The lowest BCUT2D eigenvalue weighted by Gasteiger charge is -2.06. The molecule has 0 atom stereocenters. The molecule has 0 aliphatic carbocycles. The Labute approximate surface area is 139 Å². The molecule has 3 aromatic rings. The molecule has 0 aliphatic rings. The molecule has 0 bridgehead atoms. The number of thiazole rings is 1. The highest BCUT2D eigenvalue weighted by Gasteiger charge is 2.07. The molecule has 0 spiro atoms. The number of carbonyl (C=O) groups is 1. The first-order valence-electron chi connectivity index (χ1n) is 7.62. The van der Waals surface area contributed by atoms with Gasteiger partial charge in [-0.25, -0.2) is 4.98 Å². The topological polar surface area (TPSA) is 51.2 Å². The molecule has 23 heavy (non-hydrogen) atoms. The van der Waals surface area contributed by atoms with Crippen LogP contribution in [0.5, 0.6) is 5.75 Å². The largest absolute Gasteiger partial charge is 0.493 e. The number of aryl methyl sites for hydroxylation is 1. The minimum absolute atomic E-state index is 0.0887. The van der Waals surface area contributed by atoms with Gasteiger partial charge in [0.15, 0.2) is 5.13 Å². The highest BCUT2D eigenvalue weighted by atomic mass is 32.1. The Kier molecular flexibility index (Phi) is 4.88. The van der Waals surface area contributed by atoms with Gasteiger partial charge in [0.05, 0.1) is 23.2 Å². The number of nitrogens with one attached hydrogen (secondary N) is 1. The normalized spacial score (nSPS) is 10.7. The summed E-state index contributed by atoms with van der Waals surface area (Å²) in [6, 6.07) is 15.8. The Balaban J connectivity index is 1.49. The molecule has 5 heteroatoms. The molecule has 1 N–H and O–H groups in total. The van der Waals surface area contributed by atoms with E-state index < -0.39 is 0 Å². The van der Waals surface area contributed by atoms with Gasteiger partial charge < -0.3 is 10.1 Å². The molecule has 1 heterocycles. The minimum Gasteiger partial charge on any atom is -0.493 e. The van der Waals surface area contributed by atoms with Gasteiger partial charge in [0, 0.05) is 0 Å². The summed E-state index contributed by atoms with van der Waals surface area (Å²) in [5.74, 6) is 0.698. The van der Waals surface area contributed by atoms with Gasteiger partial charge in [0.2, 0.25) is 5.91 Å². The molecule has 0 aliphatic heterocycles. The van der Waals surface area contributed by atoms with Crippen molar-refractivity contribution < 1.29 is 9.53 Å². The van der Waals surface area contributed by atoms with E-state index in [4.69, 9.17) is 4.74 Å². The van der Waals surface area contributed by atoms with E-state index >= 15 is 0 Å². The standard InChI is InChI=1S/C18H18N2O2S/c1-2-13-7-9-14(10-8-13)22-12-11-17(21)20-18-19-15-5-3-4-6-16(15)23-18/h3-10H,2,11-12H2,1H3,(H,19,20,21). The first-order chi connectivity index (χ1) is 11.2. The first kappa shape index (κ1) is 15.5. The summed E-state index contributed by atoms with van der Waals surface area (Å²) in [4.78, 5) is 16.3. The third kappa shape index (κ3) is 4.07. The van der Waals surface area contributed by atoms with E-state index in [1.54, 1.807) is 0 Å². The number of ether oxygens (including phenoxy) is 1. The number of hydrogen-bond acceptors (Lipinski definition) is 4. The summed E-state index contributed by atoms with van der Waals surface area (Å²) >= 11 is 1.48. The van der Waals surface area contributed by atoms with Crippen molar-refractivity contribution in [2.75, 3.05) is 11.9 Å². The van der Waals surface area contributed by atoms with Crippen molar-refractivity contribution in [1.29, 1.82) is 0 Å². The molecule has 1 amide bonds. The smallest absolute Gasteiger partial charge is 0.229 e. The third-order valence-corrected chi connectivity index (χ3v) is 4.42. The second-order valence-corrected chi connectivity index (χ2v) is 6.16. The Morgan fingerprint density at radius 3 is 2.70 bits per heavy atom. The second kappa shape index (κ2) is 7.24. The van der Waals surface area contributed by atoms with Gasteiger partial charge in [0.25, 0.3) is 0 Å². The van der Waals surface area contributed by atoms with E-state index in [-0.39, 0.29) is 5.91 Å². The Hall–Kier alpha value is -2.40. The summed E-state index contributed by atoms with van der Waals surface area (Å²) in [5, 5.41) is 3.45. The number of amides is 1. The lowest BCUT2D eigenvalue weighted by Crippen LogP contribution is -2.15. The van der Waals surface area contributed by atoms with Crippen molar-refractivity contribution in [3.63, 3.8) is 0 Å². The molecule has 2 aromatic carbocycles. The molecule has 118 valence electrons. The highest BCUT2D eigenvalue weighted by molar-refractivity contribution is 7.22. The van der Waals surface area contributed by atoms with Crippen LogP contribution in [0.25, 0.3) is 10.2 Å². The van der Waals surface area contributed by atoms with Gasteiger partial charge in [-0.15, -0.1) is 0 Å². The average Bonchev–Trinajstić information content (AvgIpc) is 2.97. The summed E-state index contributed by atoms with van der Waals surface area (Å²) in [6.45, 7) is 2.46. The van der Waals surface area contributed by atoms with Crippen LogP contribution in [-0.4, -0.2) is 17.5 Å². The van der Waals surface area contributed by atoms with Crippen LogP contribution >= 0.6 is 11.3 Å². The predicted molar refractivity (Wildman–Crippen MR) is 94.2 cm³/mol. The third-order valence-electron chi connectivity index (χ3n) is 3.47. The van der Waals surface area contributed by atoms with Crippen LogP contribution in [0.15, 0.2) is 48.5 Å². The molecule has 0 saturated carbocycles. The van der Waals surface area contributed by atoms with Gasteiger partial charge in [-0.05, 0) is 36.2 Å². The fourth-order valence-corrected chi connectivity index (χ4v) is 3.07. The number of fused-ring (bicyclic) bond motifs is 1. The van der Waals surface area contributed by atoms with Crippen molar-refractivity contribution in [3.05, 3.63) is 54.1 Å². The number of carbonyl (C=O) groups excluding carboxylic acids is 1. The Morgan fingerprint density at radius 2 is 1.96 bits per heavy atom. The van der Waals surface area contributed by atoms with Crippen molar-refractivity contribution in [3.8, 4) is 5.75 Å². The van der Waals surface area contributed by atoms with Crippen LogP contribution < -0.4 is 10.1 Å². The first-order valence-corrected chi connectivity index (χ1v) is 8.43. The molecule has 1 aromatic heterocycles. The van der Waals surface area contributed by atoms with E-state index in [1.807, 2.05) is 48.5 Å². The van der Waals surface area contributed by atoms with Crippen molar-refractivity contribution in [1.82, 2.24) is 4.98 Å². The highest BCUT2D eigenvalue weighted by Crippen LogP contribution is 2.25. The van der Waals surface area contributed by atoms with Gasteiger partial charge in [-0.3, -0.25) is 4.79 Å². The number of benzene rings is 2. The van der Waals surface area contributed by atoms with Crippen LogP contribution in [0, 0.1) is 0 Å². The number of aromatic nitrogens is 1. The predicted octanol–water partition coefficient (Wildman–Crippen LogP) is 4.27. The van der Waals surface area contributed by atoms with Crippen LogP contribution in [0.1, 0.15) is 18.9 Å². The molecule has 3 rings (SSSR count). The SMILES string of the molecule is CCc1ccc(OCCC(=O)Nc2nc3ccccc3s2)cc1. The maximum absolute atomic E-state index is 12.0. The monoisotopic (exact) mass is 326 g/mol. The summed E-state index contributed by atoms with van der Waals surface area (Å²) < 4.78 is 6.66. The van der Waals surface area contributed by atoms with Gasteiger partial charge >= 0.3 is 0 Å². The van der Waals surface area contributed by atoms with E-state index in [0.29, 0.717) is 18.2 Å². The zero-order chi connectivity index (χ0) is 16.1. The van der Waals surface area contributed by atoms with E-state index in [1.165, 1.54) is 16.9 Å². The second-order valence-electron chi connectivity index (χ2n) is 5.13. The fraction of sp³-hybridized carbons (Fsp3) is 0.222. The number of rotatable bonds is 6. The van der Waals surface area contributed by atoms with Crippen molar-refractivity contribution in [2.24, 2.45) is 0 Å². The zero-order valence-electron chi connectivity index (χ0n) is 12.9. The van der Waals surface area contributed by atoms with Gasteiger partial charge in [-0.2, -0.15) is 0 Å². The zero-order valence-corrected chi connectivity index (χ0v) is 13.7. The molecule has 0 radical (unpaired) electrons. The molecule has 0 unspecified atom stereocenters. The maximum Gasteiger partial charge on any atom is 0.229 e. The average molecular weight is 326 g/mol.